The summed E-state index contributed by atoms with van der Waals surface area (Å²) in [5.41, 5.74) is 0.187. The van der Waals surface area contributed by atoms with Gasteiger partial charge in [0.15, 0.2) is 0 Å². The second kappa shape index (κ2) is 6.20. The lowest BCUT2D eigenvalue weighted by Crippen LogP contribution is -2.41. The number of hydrogen-bond acceptors (Lipinski definition) is 4. The zero-order chi connectivity index (χ0) is 15.5. The van der Waals surface area contributed by atoms with Gasteiger partial charge < -0.3 is 14.0 Å². The lowest BCUT2D eigenvalue weighted by atomic mass is 9.80. The maximum atomic E-state index is 6.02. The monoisotopic (exact) mass is 289 g/mol. The lowest BCUT2D eigenvalue weighted by Gasteiger charge is -2.32. The average Bonchev–Trinajstić information content (AvgIpc) is 2.64. The lowest BCUT2D eigenvalue weighted by molar-refractivity contribution is 0.00578. The Labute approximate surface area is 127 Å². The van der Waals surface area contributed by atoms with Crippen molar-refractivity contribution in [1.29, 1.82) is 0 Å². The Morgan fingerprint density at radius 2 is 1.90 bits per heavy atom. The fourth-order valence-electron chi connectivity index (χ4n) is 2.04. The van der Waals surface area contributed by atoms with Crippen LogP contribution in [0.15, 0.2) is 31.1 Å². The van der Waals surface area contributed by atoms with Crippen LogP contribution in [0.4, 0.5) is 0 Å². The average molecular weight is 289 g/mol. The fraction of sp³-hybridized carbons (Fsp3) is 0.562. The molecule has 21 heavy (non-hydrogen) atoms. The summed E-state index contributed by atoms with van der Waals surface area (Å²) in [5, 5.41) is 0. The first kappa shape index (κ1) is 16.1. The van der Waals surface area contributed by atoms with Gasteiger partial charge in [0, 0.05) is 11.7 Å². The Bertz CT molecular complexity index is 486. The molecule has 0 atom stereocenters. The first-order chi connectivity index (χ1) is 9.86. The van der Waals surface area contributed by atoms with E-state index >= 15 is 0 Å². The van der Waals surface area contributed by atoms with Crippen LogP contribution >= 0.6 is 0 Å². The summed E-state index contributed by atoms with van der Waals surface area (Å²) < 4.78 is 17.7. The SMILES string of the molecule is C=CCCCOc1cncc(B2OC(C)(C)C(C)(C)O2)c1. The molecule has 0 saturated carbocycles. The van der Waals surface area contributed by atoms with Gasteiger partial charge in [-0.15, -0.1) is 6.58 Å². The second-order valence-corrected chi connectivity index (χ2v) is 6.32. The minimum Gasteiger partial charge on any atom is -0.492 e. The molecule has 0 unspecified atom stereocenters. The van der Waals surface area contributed by atoms with E-state index in [1.807, 2.05) is 39.8 Å². The molecule has 0 aromatic carbocycles. The topological polar surface area (TPSA) is 40.6 Å². The maximum absolute atomic E-state index is 6.02. The van der Waals surface area contributed by atoms with Crippen LogP contribution in [0.1, 0.15) is 40.5 Å². The van der Waals surface area contributed by atoms with Crippen molar-refractivity contribution in [2.24, 2.45) is 0 Å². The molecular formula is C16H24BNO3. The number of pyridine rings is 1. The molecule has 1 aliphatic heterocycles. The third-order valence-corrected chi connectivity index (χ3v) is 4.08. The van der Waals surface area contributed by atoms with E-state index in [0.717, 1.165) is 24.1 Å². The zero-order valence-electron chi connectivity index (χ0n) is 13.4. The van der Waals surface area contributed by atoms with Crippen LogP contribution in [-0.4, -0.2) is 29.9 Å². The van der Waals surface area contributed by atoms with Crippen molar-refractivity contribution in [2.75, 3.05) is 6.61 Å². The molecule has 2 heterocycles. The Balaban J connectivity index is 2.03. The first-order valence-corrected chi connectivity index (χ1v) is 7.40. The van der Waals surface area contributed by atoms with Crippen LogP contribution in [0.2, 0.25) is 0 Å². The number of allylic oxidation sites excluding steroid dienone is 1. The van der Waals surface area contributed by atoms with E-state index in [1.165, 1.54) is 0 Å². The highest BCUT2D eigenvalue weighted by Gasteiger charge is 2.51. The molecule has 4 nitrogen and oxygen atoms in total. The van der Waals surface area contributed by atoms with Crippen LogP contribution in [0.5, 0.6) is 5.75 Å². The van der Waals surface area contributed by atoms with Crippen LogP contribution in [0, 0.1) is 0 Å². The number of ether oxygens (including phenoxy) is 1. The molecule has 0 radical (unpaired) electrons. The van der Waals surface area contributed by atoms with Gasteiger partial charge >= 0.3 is 7.12 Å². The van der Waals surface area contributed by atoms with Gasteiger partial charge in [-0.05, 0) is 46.6 Å². The molecule has 0 aliphatic carbocycles. The quantitative estimate of drug-likeness (QED) is 0.458. The van der Waals surface area contributed by atoms with E-state index in [1.54, 1.807) is 12.4 Å². The second-order valence-electron chi connectivity index (χ2n) is 6.32. The molecule has 1 aliphatic rings. The first-order valence-electron chi connectivity index (χ1n) is 7.40. The van der Waals surface area contributed by atoms with Gasteiger partial charge in [0.25, 0.3) is 0 Å². The van der Waals surface area contributed by atoms with Gasteiger partial charge in [0.1, 0.15) is 5.75 Å². The number of hydrogen-bond donors (Lipinski definition) is 0. The number of nitrogens with zero attached hydrogens (tertiary/aromatic N) is 1. The van der Waals surface area contributed by atoms with Crippen molar-refractivity contribution in [3.05, 3.63) is 31.1 Å². The molecule has 0 N–H and O–H groups in total. The van der Waals surface area contributed by atoms with Gasteiger partial charge in [0.2, 0.25) is 0 Å². The minimum absolute atomic E-state index is 0.349. The Kier molecular flexibility index (Phi) is 4.74. The molecule has 1 saturated heterocycles. The summed E-state index contributed by atoms with van der Waals surface area (Å²) >= 11 is 0. The Morgan fingerprint density at radius 1 is 1.24 bits per heavy atom. The van der Waals surface area contributed by atoms with E-state index in [0.29, 0.717) is 6.61 Å². The van der Waals surface area contributed by atoms with Crippen molar-refractivity contribution in [3.63, 3.8) is 0 Å². The third kappa shape index (κ3) is 3.66. The van der Waals surface area contributed by atoms with E-state index < -0.39 is 7.12 Å². The number of rotatable bonds is 6. The number of unbranched alkanes of at least 4 members (excludes halogenated alkanes) is 1. The van der Waals surface area contributed by atoms with Crippen LogP contribution in [0.3, 0.4) is 0 Å². The highest BCUT2D eigenvalue weighted by atomic mass is 16.7. The van der Waals surface area contributed by atoms with E-state index in [9.17, 15) is 0 Å². The summed E-state index contributed by atoms with van der Waals surface area (Å²) in [7, 11) is -0.403. The standard InChI is InChI=1S/C16H24BNO3/c1-6-7-8-9-19-14-10-13(11-18-12-14)17-20-15(2,3)16(4,5)21-17/h6,10-12H,1,7-9H2,2-5H3. The highest BCUT2D eigenvalue weighted by molar-refractivity contribution is 6.62. The molecule has 1 fully saturated rings. The molecule has 114 valence electrons. The molecule has 5 heteroatoms. The molecular weight excluding hydrogens is 265 g/mol. The van der Waals surface area contributed by atoms with Gasteiger partial charge in [-0.3, -0.25) is 4.98 Å². The largest absolute Gasteiger partial charge is 0.496 e. The normalized spacial score (nSPS) is 19.5. The molecule has 0 spiro atoms. The van der Waals surface area contributed by atoms with Crippen LogP contribution < -0.4 is 10.2 Å². The van der Waals surface area contributed by atoms with Crippen molar-refractivity contribution in [1.82, 2.24) is 4.98 Å². The zero-order valence-corrected chi connectivity index (χ0v) is 13.4. The fourth-order valence-corrected chi connectivity index (χ4v) is 2.04. The summed E-state index contributed by atoms with van der Waals surface area (Å²) in [6, 6.07) is 1.93. The summed E-state index contributed by atoms with van der Waals surface area (Å²) in [6.07, 6.45) is 7.26. The van der Waals surface area contributed by atoms with E-state index in [4.69, 9.17) is 14.0 Å². The van der Waals surface area contributed by atoms with Gasteiger partial charge in [0.05, 0.1) is 24.0 Å². The van der Waals surface area contributed by atoms with Crippen molar-refractivity contribution >= 4 is 12.6 Å². The summed E-state index contributed by atoms with van der Waals surface area (Å²) in [5.74, 6) is 0.742. The summed E-state index contributed by atoms with van der Waals surface area (Å²) in [6.45, 7) is 12.5. The minimum atomic E-state index is -0.403. The smallest absolute Gasteiger partial charge is 0.492 e. The third-order valence-electron chi connectivity index (χ3n) is 4.08. The summed E-state index contributed by atoms with van der Waals surface area (Å²) in [4.78, 5) is 4.22. The molecule has 0 amide bonds. The molecule has 0 bridgehead atoms. The van der Waals surface area contributed by atoms with Crippen LogP contribution in [-0.2, 0) is 9.31 Å². The van der Waals surface area contributed by atoms with Crippen molar-refractivity contribution in [3.8, 4) is 5.75 Å². The van der Waals surface area contributed by atoms with Gasteiger partial charge in [-0.1, -0.05) is 6.08 Å². The predicted molar refractivity (Wildman–Crippen MR) is 84.9 cm³/mol. The van der Waals surface area contributed by atoms with E-state index in [2.05, 4.69) is 11.6 Å². The Hall–Kier alpha value is -1.33. The van der Waals surface area contributed by atoms with Gasteiger partial charge in [-0.25, -0.2) is 0 Å². The molecule has 2 rings (SSSR count). The highest BCUT2D eigenvalue weighted by Crippen LogP contribution is 2.36. The van der Waals surface area contributed by atoms with E-state index in [-0.39, 0.29) is 11.2 Å². The maximum Gasteiger partial charge on any atom is 0.496 e. The molecule has 1 aromatic heterocycles. The van der Waals surface area contributed by atoms with Crippen molar-refractivity contribution < 1.29 is 14.0 Å². The number of aromatic nitrogens is 1. The van der Waals surface area contributed by atoms with Gasteiger partial charge in [-0.2, -0.15) is 0 Å². The van der Waals surface area contributed by atoms with Crippen molar-refractivity contribution in [2.45, 2.75) is 51.7 Å². The predicted octanol–water partition coefficient (Wildman–Crippen LogP) is 2.73. The Morgan fingerprint density at radius 3 is 2.52 bits per heavy atom. The molecule has 1 aromatic rings. The van der Waals surface area contributed by atoms with Crippen LogP contribution in [0.25, 0.3) is 0 Å².